The first-order chi connectivity index (χ1) is 11.1. The number of carbonyl (C=O) groups is 1. The second kappa shape index (κ2) is 7.87. The van der Waals surface area contributed by atoms with Crippen molar-refractivity contribution in [2.24, 2.45) is 0 Å². The van der Waals surface area contributed by atoms with Crippen molar-refractivity contribution < 1.29 is 9.53 Å². The lowest BCUT2D eigenvalue weighted by Gasteiger charge is -2.28. The lowest BCUT2D eigenvalue weighted by atomic mass is 9.87. The molecule has 0 amide bonds. The van der Waals surface area contributed by atoms with E-state index >= 15 is 0 Å². The van der Waals surface area contributed by atoms with E-state index in [9.17, 15) is 10.1 Å². The van der Waals surface area contributed by atoms with E-state index in [4.69, 9.17) is 10.00 Å². The molecule has 0 aliphatic carbocycles. The molecule has 1 aliphatic rings. The van der Waals surface area contributed by atoms with Crippen LogP contribution in [0.2, 0.25) is 0 Å². The van der Waals surface area contributed by atoms with Crippen LogP contribution in [-0.4, -0.2) is 18.3 Å². The van der Waals surface area contributed by atoms with E-state index in [0.29, 0.717) is 21.9 Å². The molecule has 0 saturated carbocycles. The average Bonchev–Trinajstić information content (AvgIpc) is 3.06. The Balaban J connectivity index is 2.54. The van der Waals surface area contributed by atoms with Crippen LogP contribution in [0.3, 0.4) is 0 Å². The van der Waals surface area contributed by atoms with Gasteiger partial charge < -0.3 is 10.1 Å². The van der Waals surface area contributed by atoms with Crippen LogP contribution in [0.15, 0.2) is 39.4 Å². The monoisotopic (exact) mass is 345 g/mol. The smallest absolute Gasteiger partial charge is 0.336 e. The van der Waals surface area contributed by atoms with Gasteiger partial charge in [0, 0.05) is 10.6 Å². The highest BCUT2D eigenvalue weighted by Gasteiger charge is 2.35. The summed E-state index contributed by atoms with van der Waals surface area (Å²) in [7, 11) is 0. The zero-order valence-corrected chi connectivity index (χ0v) is 14.4. The molecule has 1 N–H and O–H groups in total. The number of nitriles is 2. The zero-order valence-electron chi connectivity index (χ0n) is 12.8. The summed E-state index contributed by atoms with van der Waals surface area (Å²) >= 11 is 2.75. The number of thioether (sulfide) groups is 1. The van der Waals surface area contributed by atoms with Crippen LogP contribution in [0.4, 0.5) is 0 Å². The van der Waals surface area contributed by atoms with E-state index < -0.39 is 11.9 Å². The van der Waals surface area contributed by atoms with Gasteiger partial charge in [-0.1, -0.05) is 17.8 Å². The summed E-state index contributed by atoms with van der Waals surface area (Å²) in [5.41, 5.74) is 1.55. The van der Waals surface area contributed by atoms with E-state index in [0.717, 1.165) is 4.88 Å². The predicted octanol–water partition coefficient (Wildman–Crippen LogP) is 3.26. The number of dihydropyridines is 1. The van der Waals surface area contributed by atoms with Crippen molar-refractivity contribution in [2.75, 3.05) is 12.4 Å². The Kier molecular flexibility index (Phi) is 5.86. The number of ether oxygens (including phenoxy) is 1. The molecule has 0 aromatic carbocycles. The largest absolute Gasteiger partial charge is 0.463 e. The molecule has 0 spiro atoms. The summed E-state index contributed by atoms with van der Waals surface area (Å²) < 4.78 is 5.17. The molecule has 1 atom stereocenters. The lowest BCUT2D eigenvalue weighted by molar-refractivity contribution is -0.138. The molecule has 0 bridgehead atoms. The Hall–Kier alpha value is -2.22. The van der Waals surface area contributed by atoms with E-state index in [1.165, 1.54) is 23.1 Å². The molecule has 0 unspecified atom stereocenters. The third-order valence-electron chi connectivity index (χ3n) is 3.25. The van der Waals surface area contributed by atoms with Gasteiger partial charge in [0.2, 0.25) is 0 Å². The minimum atomic E-state index is -0.457. The van der Waals surface area contributed by atoms with E-state index in [2.05, 4.69) is 17.5 Å². The summed E-state index contributed by atoms with van der Waals surface area (Å²) in [6.45, 7) is 3.81. The normalized spacial score (nSPS) is 17.3. The summed E-state index contributed by atoms with van der Waals surface area (Å²) in [4.78, 5) is 13.3. The van der Waals surface area contributed by atoms with Gasteiger partial charge in [-0.2, -0.15) is 10.5 Å². The third-order valence-corrected chi connectivity index (χ3v) is 5.07. The Labute approximate surface area is 143 Å². The first-order valence-corrected chi connectivity index (χ1v) is 8.82. The Bertz CT molecular complexity index is 736. The molecule has 23 heavy (non-hydrogen) atoms. The predicted molar refractivity (Wildman–Crippen MR) is 90.2 cm³/mol. The van der Waals surface area contributed by atoms with Crippen molar-refractivity contribution in [1.82, 2.24) is 5.32 Å². The molecule has 1 aromatic heterocycles. The van der Waals surface area contributed by atoms with Gasteiger partial charge in [0.15, 0.2) is 0 Å². The number of hydrogen-bond acceptors (Lipinski definition) is 7. The number of thiophene rings is 1. The fourth-order valence-corrected chi connectivity index (χ4v) is 3.95. The molecule has 7 heteroatoms. The van der Waals surface area contributed by atoms with Gasteiger partial charge in [-0.05, 0) is 25.3 Å². The van der Waals surface area contributed by atoms with Crippen molar-refractivity contribution >= 4 is 29.1 Å². The number of allylic oxidation sites excluding steroid dienone is 2. The summed E-state index contributed by atoms with van der Waals surface area (Å²) in [5, 5.41) is 24.0. The molecule has 2 rings (SSSR count). The maximum atomic E-state index is 12.4. The molecule has 5 nitrogen and oxygen atoms in total. The molecule has 0 fully saturated rings. The summed E-state index contributed by atoms with van der Waals surface area (Å²) in [6, 6.07) is 8.04. The fraction of sp³-hybridized carbons (Fsp3) is 0.312. The van der Waals surface area contributed by atoms with E-state index in [1.54, 1.807) is 13.8 Å². The SMILES string of the molecule is CCOC(=O)C1=C(C)NC(SCC#N)=C(C#N)[C@H]1c1cccs1. The average molecular weight is 345 g/mol. The minimum absolute atomic E-state index is 0.229. The number of rotatable bonds is 5. The molecule has 0 saturated heterocycles. The number of carbonyl (C=O) groups excluding carboxylic acids is 1. The van der Waals surface area contributed by atoms with Crippen molar-refractivity contribution in [2.45, 2.75) is 19.8 Å². The van der Waals surface area contributed by atoms with Crippen LogP contribution < -0.4 is 5.32 Å². The number of nitrogens with zero attached hydrogens (tertiary/aromatic N) is 2. The Morgan fingerprint density at radius 2 is 2.30 bits per heavy atom. The molecule has 1 aromatic rings. The molecule has 0 radical (unpaired) electrons. The van der Waals surface area contributed by atoms with Gasteiger partial charge in [0.25, 0.3) is 0 Å². The molecular formula is C16H15N3O2S2. The number of esters is 1. The Morgan fingerprint density at radius 1 is 1.52 bits per heavy atom. The van der Waals surface area contributed by atoms with Crippen molar-refractivity contribution in [3.05, 3.63) is 44.3 Å². The number of hydrogen-bond donors (Lipinski definition) is 1. The summed E-state index contributed by atoms with van der Waals surface area (Å²) in [5.74, 6) is -0.651. The minimum Gasteiger partial charge on any atom is -0.463 e. The quantitative estimate of drug-likeness (QED) is 0.824. The van der Waals surface area contributed by atoms with Gasteiger partial charge in [0.05, 0.1) is 46.6 Å². The summed E-state index contributed by atoms with van der Waals surface area (Å²) in [6.07, 6.45) is 0. The molecule has 2 heterocycles. The van der Waals surface area contributed by atoms with Gasteiger partial charge in [-0.25, -0.2) is 4.79 Å². The second-order valence-corrected chi connectivity index (χ2v) is 6.60. The fourth-order valence-electron chi connectivity index (χ4n) is 2.35. The first kappa shape index (κ1) is 17.1. The van der Waals surface area contributed by atoms with Gasteiger partial charge in [0.1, 0.15) is 0 Å². The highest BCUT2D eigenvalue weighted by atomic mass is 32.2. The van der Waals surface area contributed by atoms with Gasteiger partial charge >= 0.3 is 5.97 Å². The van der Waals surface area contributed by atoms with E-state index in [-0.39, 0.29) is 12.4 Å². The Morgan fingerprint density at radius 3 is 2.87 bits per heavy atom. The van der Waals surface area contributed by atoms with Gasteiger partial charge in [-0.3, -0.25) is 0 Å². The van der Waals surface area contributed by atoms with Crippen LogP contribution in [0.1, 0.15) is 24.6 Å². The zero-order chi connectivity index (χ0) is 16.8. The molecule has 118 valence electrons. The van der Waals surface area contributed by atoms with Gasteiger partial charge in [-0.15, -0.1) is 11.3 Å². The van der Waals surface area contributed by atoms with Crippen molar-refractivity contribution in [1.29, 1.82) is 10.5 Å². The lowest BCUT2D eigenvalue weighted by Crippen LogP contribution is -2.28. The third kappa shape index (κ3) is 3.58. The first-order valence-electron chi connectivity index (χ1n) is 6.96. The van der Waals surface area contributed by atoms with Crippen LogP contribution >= 0.6 is 23.1 Å². The van der Waals surface area contributed by atoms with Crippen LogP contribution in [0.5, 0.6) is 0 Å². The van der Waals surface area contributed by atoms with Crippen LogP contribution in [-0.2, 0) is 9.53 Å². The van der Waals surface area contributed by atoms with E-state index in [1.807, 2.05) is 17.5 Å². The van der Waals surface area contributed by atoms with Crippen molar-refractivity contribution in [3.8, 4) is 12.1 Å². The van der Waals surface area contributed by atoms with Crippen molar-refractivity contribution in [3.63, 3.8) is 0 Å². The standard InChI is InChI=1S/C16H15N3O2S2/c1-3-21-16(20)13-10(2)19-15(23-8-6-17)11(9-18)14(13)12-5-4-7-22-12/h4-5,7,14,19H,3,8H2,1-2H3/t14-/m0/s1. The second-order valence-electron chi connectivity index (χ2n) is 4.63. The van der Waals surface area contributed by atoms with Crippen LogP contribution in [0, 0.1) is 22.7 Å². The van der Waals surface area contributed by atoms with Crippen LogP contribution in [0.25, 0.3) is 0 Å². The maximum Gasteiger partial charge on any atom is 0.336 e. The molecule has 1 aliphatic heterocycles. The molecular weight excluding hydrogens is 330 g/mol. The highest BCUT2D eigenvalue weighted by molar-refractivity contribution is 8.03. The topological polar surface area (TPSA) is 85.9 Å². The maximum absolute atomic E-state index is 12.4. The highest BCUT2D eigenvalue weighted by Crippen LogP contribution is 2.42. The number of nitrogens with one attached hydrogen (secondary N) is 1.